The highest BCUT2D eigenvalue weighted by atomic mass is 32.2. The minimum atomic E-state index is -6.42. The van der Waals surface area contributed by atoms with Gasteiger partial charge in [-0.25, -0.2) is 8.42 Å². The van der Waals surface area contributed by atoms with Crippen molar-refractivity contribution in [1.29, 1.82) is 0 Å². The fraction of sp³-hybridized carbons (Fsp3) is 0.467. The van der Waals surface area contributed by atoms with E-state index in [1.54, 1.807) is 6.92 Å². The predicted octanol–water partition coefficient (Wildman–Crippen LogP) is 2.95. The third kappa shape index (κ3) is 5.14. The molecule has 0 aliphatic carbocycles. The molecule has 28 heavy (non-hydrogen) atoms. The highest BCUT2D eigenvalue weighted by Crippen LogP contribution is 2.47. The molecule has 0 spiro atoms. The number of rotatable bonds is 6. The first kappa shape index (κ1) is 23.7. The van der Waals surface area contributed by atoms with Crippen molar-refractivity contribution in [3.63, 3.8) is 0 Å². The molecule has 13 heteroatoms. The van der Waals surface area contributed by atoms with E-state index in [1.165, 1.54) is 12.1 Å². The lowest BCUT2D eigenvalue weighted by Gasteiger charge is -2.34. The SMILES string of the molecule is CCc1ccc(S(=O)(=O)CC(=O)OC(OC(C)=O)(C(F)(F)F)C(F)(F)F)cc1. The first-order valence-electron chi connectivity index (χ1n) is 7.42. The molecule has 0 radical (unpaired) electrons. The van der Waals surface area contributed by atoms with E-state index in [0.717, 1.165) is 12.1 Å². The molecule has 0 aliphatic heterocycles. The lowest BCUT2D eigenvalue weighted by molar-refractivity contribution is -0.443. The monoisotopic (exact) mass is 436 g/mol. The molecule has 6 nitrogen and oxygen atoms in total. The number of aryl methyl sites for hydroxylation is 1. The number of halogens is 6. The van der Waals surface area contributed by atoms with E-state index in [9.17, 15) is 44.3 Å². The fourth-order valence-corrected chi connectivity index (χ4v) is 3.06. The van der Waals surface area contributed by atoms with E-state index in [0.29, 0.717) is 12.0 Å². The zero-order valence-corrected chi connectivity index (χ0v) is 15.2. The van der Waals surface area contributed by atoms with E-state index in [-0.39, 0.29) is 6.92 Å². The van der Waals surface area contributed by atoms with Crippen LogP contribution in [0, 0.1) is 0 Å². The van der Waals surface area contributed by atoms with Crippen molar-refractivity contribution in [2.24, 2.45) is 0 Å². The number of benzene rings is 1. The molecule has 0 aliphatic rings. The highest BCUT2D eigenvalue weighted by molar-refractivity contribution is 7.92. The summed E-state index contributed by atoms with van der Waals surface area (Å²) in [5.74, 6) is -11.9. The molecular weight excluding hydrogens is 422 g/mol. The predicted molar refractivity (Wildman–Crippen MR) is 80.6 cm³/mol. The van der Waals surface area contributed by atoms with Crippen molar-refractivity contribution in [1.82, 2.24) is 0 Å². The second-order valence-corrected chi connectivity index (χ2v) is 7.43. The number of hydrogen-bond donors (Lipinski definition) is 0. The lowest BCUT2D eigenvalue weighted by atomic mass is 10.2. The van der Waals surface area contributed by atoms with E-state index in [2.05, 4.69) is 9.47 Å². The van der Waals surface area contributed by atoms with Gasteiger partial charge in [0, 0.05) is 6.92 Å². The molecule has 0 heterocycles. The summed E-state index contributed by atoms with van der Waals surface area (Å²) >= 11 is 0. The molecule has 1 aromatic rings. The van der Waals surface area contributed by atoms with Crippen LogP contribution in [0.2, 0.25) is 0 Å². The Morgan fingerprint density at radius 3 is 1.75 bits per heavy atom. The van der Waals surface area contributed by atoms with Gasteiger partial charge in [0.15, 0.2) is 15.6 Å². The molecule has 0 fully saturated rings. The number of alkyl halides is 6. The highest BCUT2D eigenvalue weighted by Gasteiger charge is 2.78. The summed E-state index contributed by atoms with van der Waals surface area (Å²) in [6.45, 7) is 1.98. The summed E-state index contributed by atoms with van der Waals surface area (Å²) in [7, 11) is -4.63. The van der Waals surface area contributed by atoms with Crippen LogP contribution < -0.4 is 0 Å². The Morgan fingerprint density at radius 1 is 0.929 bits per heavy atom. The summed E-state index contributed by atoms with van der Waals surface area (Å²) in [4.78, 5) is 21.9. The van der Waals surface area contributed by atoms with Gasteiger partial charge in [-0.1, -0.05) is 19.1 Å². The van der Waals surface area contributed by atoms with Crippen LogP contribution in [0.4, 0.5) is 26.3 Å². The second kappa shape index (κ2) is 7.97. The fourth-order valence-electron chi connectivity index (χ4n) is 1.98. The van der Waals surface area contributed by atoms with E-state index >= 15 is 0 Å². The first-order valence-corrected chi connectivity index (χ1v) is 9.07. The molecule has 0 aromatic heterocycles. The minimum Gasteiger partial charge on any atom is -0.407 e. The molecule has 0 unspecified atom stereocenters. The van der Waals surface area contributed by atoms with E-state index < -0.39 is 50.6 Å². The average molecular weight is 436 g/mol. The molecule has 0 saturated heterocycles. The van der Waals surface area contributed by atoms with Crippen LogP contribution in [-0.4, -0.2) is 44.2 Å². The Hall–Kier alpha value is -2.31. The van der Waals surface area contributed by atoms with Gasteiger partial charge in [-0.2, -0.15) is 26.3 Å². The van der Waals surface area contributed by atoms with E-state index in [4.69, 9.17) is 0 Å². The average Bonchev–Trinajstić information content (AvgIpc) is 2.51. The van der Waals surface area contributed by atoms with Crippen LogP contribution in [0.5, 0.6) is 0 Å². The zero-order chi connectivity index (χ0) is 22.0. The molecule has 158 valence electrons. The third-order valence-corrected chi connectivity index (χ3v) is 4.90. The van der Waals surface area contributed by atoms with Crippen molar-refractivity contribution < 1.29 is 53.8 Å². The molecule has 0 N–H and O–H groups in total. The van der Waals surface area contributed by atoms with Crippen LogP contribution in [0.25, 0.3) is 0 Å². The van der Waals surface area contributed by atoms with Crippen molar-refractivity contribution in [3.8, 4) is 0 Å². The van der Waals surface area contributed by atoms with Crippen LogP contribution >= 0.6 is 0 Å². The van der Waals surface area contributed by atoms with Crippen molar-refractivity contribution >= 4 is 21.8 Å². The van der Waals surface area contributed by atoms with Crippen LogP contribution in [0.15, 0.2) is 29.2 Å². The number of carbonyl (C=O) groups excluding carboxylic acids is 2. The van der Waals surface area contributed by atoms with Gasteiger partial charge in [-0.15, -0.1) is 0 Å². The number of hydrogen-bond acceptors (Lipinski definition) is 6. The Balaban J connectivity index is 3.22. The standard InChI is InChI=1S/C15H14F6O6S/c1-3-10-4-6-11(7-5-10)28(24,25)8-12(23)27-13(14(16,17)18,15(19,20)21)26-9(2)22/h4-7H,3,8H2,1-2H3. The number of sulfone groups is 1. The second-order valence-electron chi connectivity index (χ2n) is 5.44. The van der Waals surface area contributed by atoms with Gasteiger partial charge in [0.25, 0.3) is 0 Å². The maximum Gasteiger partial charge on any atom is 0.478 e. The molecule has 1 aromatic carbocycles. The van der Waals surface area contributed by atoms with Crippen LogP contribution in [0.3, 0.4) is 0 Å². The molecule has 0 atom stereocenters. The summed E-state index contributed by atoms with van der Waals surface area (Å²) in [5.41, 5.74) is 0.699. The van der Waals surface area contributed by atoms with Crippen LogP contribution in [-0.2, 0) is 35.3 Å². The number of carbonyl (C=O) groups is 2. The Morgan fingerprint density at radius 2 is 1.39 bits per heavy atom. The summed E-state index contributed by atoms with van der Waals surface area (Å²) in [6.07, 6.45) is -12.3. The Bertz CT molecular complexity index is 812. The quantitative estimate of drug-likeness (QED) is 0.387. The summed E-state index contributed by atoms with van der Waals surface area (Å²) in [6, 6.07) is 4.78. The summed E-state index contributed by atoms with van der Waals surface area (Å²) < 4.78 is 109. The first-order chi connectivity index (χ1) is 12.6. The van der Waals surface area contributed by atoms with E-state index in [1.807, 2.05) is 0 Å². The Kier molecular flexibility index (Phi) is 6.76. The van der Waals surface area contributed by atoms with Crippen molar-refractivity contribution in [3.05, 3.63) is 29.8 Å². The normalized spacial score (nSPS) is 13.1. The molecule has 0 bridgehead atoms. The van der Waals surface area contributed by atoms with Crippen molar-refractivity contribution in [2.75, 3.05) is 5.75 Å². The van der Waals surface area contributed by atoms with Gasteiger partial charge in [-0.3, -0.25) is 9.59 Å². The lowest BCUT2D eigenvalue weighted by Crippen LogP contribution is -2.62. The summed E-state index contributed by atoms with van der Waals surface area (Å²) in [5, 5.41) is 0. The number of ether oxygens (including phenoxy) is 2. The van der Waals surface area contributed by atoms with Gasteiger partial charge in [0.2, 0.25) is 0 Å². The topological polar surface area (TPSA) is 86.7 Å². The zero-order valence-electron chi connectivity index (χ0n) is 14.3. The van der Waals surface area contributed by atoms with Gasteiger partial charge in [0.05, 0.1) is 4.90 Å². The minimum absolute atomic E-state index is 0.228. The molecular formula is C15H14F6O6S. The van der Waals surface area contributed by atoms with Gasteiger partial charge in [0.1, 0.15) is 0 Å². The third-order valence-electron chi connectivity index (χ3n) is 3.29. The Labute approximate surface area is 155 Å². The maximum atomic E-state index is 13.0. The molecule has 0 saturated carbocycles. The molecule has 1 rings (SSSR count). The number of esters is 2. The van der Waals surface area contributed by atoms with Gasteiger partial charge in [-0.05, 0) is 24.1 Å². The van der Waals surface area contributed by atoms with Gasteiger partial charge >= 0.3 is 30.1 Å². The van der Waals surface area contributed by atoms with Gasteiger partial charge < -0.3 is 9.47 Å². The smallest absolute Gasteiger partial charge is 0.407 e. The van der Waals surface area contributed by atoms with Crippen LogP contribution in [0.1, 0.15) is 19.4 Å². The molecule has 0 amide bonds. The maximum absolute atomic E-state index is 13.0. The largest absolute Gasteiger partial charge is 0.478 e. The van der Waals surface area contributed by atoms with Crippen molar-refractivity contribution in [2.45, 2.75) is 43.3 Å².